The monoisotopic (exact) mass is 479 g/mol. The van der Waals surface area contributed by atoms with Gasteiger partial charge in [0.2, 0.25) is 16.9 Å². The number of nitrogens with zero attached hydrogens (tertiary/aromatic N) is 4. The van der Waals surface area contributed by atoms with Crippen LogP contribution in [0, 0.1) is 12.8 Å². The molecule has 0 bridgehead atoms. The van der Waals surface area contributed by atoms with E-state index in [9.17, 15) is 9.59 Å². The first-order valence-corrected chi connectivity index (χ1v) is 12.1. The van der Waals surface area contributed by atoms with E-state index < -0.39 is 5.92 Å². The Morgan fingerprint density at radius 3 is 2.85 bits per heavy atom. The number of aromatic nitrogens is 3. The van der Waals surface area contributed by atoms with Gasteiger partial charge >= 0.3 is 0 Å². The molecule has 0 spiro atoms. The van der Waals surface area contributed by atoms with Crippen molar-refractivity contribution < 1.29 is 14.3 Å². The Hall–Kier alpha value is -3.50. The van der Waals surface area contributed by atoms with Gasteiger partial charge in [-0.05, 0) is 30.5 Å². The summed E-state index contributed by atoms with van der Waals surface area (Å²) >= 11 is 3.08. The molecule has 1 aliphatic rings. The first-order chi connectivity index (χ1) is 16.0. The van der Waals surface area contributed by atoms with Gasteiger partial charge in [0.15, 0.2) is 0 Å². The number of methoxy groups -OCH3 is 1. The van der Waals surface area contributed by atoms with Crippen LogP contribution in [0.1, 0.15) is 12.1 Å². The van der Waals surface area contributed by atoms with Crippen molar-refractivity contribution >= 4 is 46.0 Å². The second kappa shape index (κ2) is 8.80. The molecule has 2 amide bonds. The molecule has 4 heterocycles. The zero-order chi connectivity index (χ0) is 22.9. The maximum Gasteiger partial charge on any atom is 0.230 e. The van der Waals surface area contributed by atoms with Crippen LogP contribution < -0.4 is 15.0 Å². The van der Waals surface area contributed by atoms with Crippen molar-refractivity contribution in [1.29, 1.82) is 0 Å². The number of hydrogen-bond donors (Lipinski definition) is 1. The van der Waals surface area contributed by atoms with E-state index in [1.807, 2.05) is 48.0 Å². The summed E-state index contributed by atoms with van der Waals surface area (Å²) in [6, 6.07) is 13.1. The van der Waals surface area contributed by atoms with E-state index in [4.69, 9.17) is 4.74 Å². The van der Waals surface area contributed by atoms with E-state index in [0.29, 0.717) is 22.4 Å². The summed E-state index contributed by atoms with van der Waals surface area (Å²) < 4.78 is 7.03. The molecule has 1 N–H and O–H groups in total. The predicted molar refractivity (Wildman–Crippen MR) is 129 cm³/mol. The van der Waals surface area contributed by atoms with Crippen molar-refractivity contribution in [3.05, 3.63) is 58.9 Å². The predicted octanol–water partition coefficient (Wildman–Crippen LogP) is 4.37. The number of carbonyl (C=O) groups is 2. The van der Waals surface area contributed by atoms with Gasteiger partial charge in [0.25, 0.3) is 0 Å². The maximum atomic E-state index is 13.1. The third-order valence-corrected chi connectivity index (χ3v) is 7.11. The summed E-state index contributed by atoms with van der Waals surface area (Å²) in [7, 11) is 1.57. The first kappa shape index (κ1) is 21.4. The number of para-hydroxylation sites is 2. The molecule has 0 saturated carbocycles. The van der Waals surface area contributed by atoms with Gasteiger partial charge in [0.1, 0.15) is 11.6 Å². The lowest BCUT2D eigenvalue weighted by Crippen LogP contribution is -2.28. The van der Waals surface area contributed by atoms with Crippen LogP contribution >= 0.6 is 22.7 Å². The van der Waals surface area contributed by atoms with E-state index >= 15 is 0 Å². The molecule has 1 saturated heterocycles. The van der Waals surface area contributed by atoms with Crippen LogP contribution in [-0.4, -0.2) is 40.2 Å². The Labute approximate surface area is 198 Å². The summed E-state index contributed by atoms with van der Waals surface area (Å²) in [5, 5.41) is 12.1. The molecule has 0 aliphatic carbocycles. The number of amides is 2. The normalized spacial score (nSPS) is 15.8. The average molecular weight is 480 g/mol. The second-order valence-corrected chi connectivity index (χ2v) is 9.43. The number of hydrogen-bond acceptors (Lipinski definition) is 7. The number of carbonyl (C=O) groups excluding carboxylic acids is 2. The smallest absolute Gasteiger partial charge is 0.230 e. The lowest BCUT2D eigenvalue weighted by molar-refractivity contribution is -0.122. The molecule has 8 nitrogen and oxygen atoms in total. The molecule has 0 radical (unpaired) electrons. The highest BCUT2D eigenvalue weighted by Gasteiger charge is 2.36. The van der Waals surface area contributed by atoms with E-state index in [1.165, 1.54) is 11.3 Å². The Kier molecular flexibility index (Phi) is 5.69. The van der Waals surface area contributed by atoms with Gasteiger partial charge < -0.3 is 15.0 Å². The van der Waals surface area contributed by atoms with E-state index in [2.05, 4.69) is 15.4 Å². The minimum absolute atomic E-state index is 0.107. The summed E-state index contributed by atoms with van der Waals surface area (Å²) in [4.78, 5) is 33.2. The maximum absolute atomic E-state index is 13.1. The molecule has 10 heteroatoms. The average Bonchev–Trinajstić information content (AvgIpc) is 3.60. The number of ether oxygens (including phenoxy) is 1. The molecular formula is C23H21N5O3S2. The van der Waals surface area contributed by atoms with Gasteiger partial charge in [0, 0.05) is 24.4 Å². The fourth-order valence-corrected chi connectivity index (χ4v) is 5.38. The number of benzene rings is 1. The lowest BCUT2D eigenvalue weighted by Gasteiger charge is -2.19. The van der Waals surface area contributed by atoms with Gasteiger partial charge in [-0.2, -0.15) is 9.78 Å². The summed E-state index contributed by atoms with van der Waals surface area (Å²) in [6.07, 6.45) is 0.136. The van der Waals surface area contributed by atoms with Crippen LogP contribution in [0.3, 0.4) is 0 Å². The van der Waals surface area contributed by atoms with Gasteiger partial charge in [-0.25, -0.2) is 4.98 Å². The highest BCUT2D eigenvalue weighted by atomic mass is 32.1. The van der Waals surface area contributed by atoms with E-state index in [1.54, 1.807) is 40.2 Å². The van der Waals surface area contributed by atoms with Crippen LogP contribution in [-0.2, 0) is 9.59 Å². The van der Waals surface area contributed by atoms with Gasteiger partial charge in [0.05, 0.1) is 35.0 Å². The van der Waals surface area contributed by atoms with Crippen molar-refractivity contribution in [2.24, 2.45) is 5.92 Å². The first-order valence-electron chi connectivity index (χ1n) is 10.3. The van der Waals surface area contributed by atoms with Crippen LogP contribution in [0.25, 0.3) is 15.7 Å². The Morgan fingerprint density at radius 1 is 1.21 bits per heavy atom. The van der Waals surface area contributed by atoms with Gasteiger partial charge in [-0.15, -0.1) is 22.7 Å². The Balaban J connectivity index is 1.34. The highest BCUT2D eigenvalue weighted by molar-refractivity contribution is 7.15. The zero-order valence-corrected chi connectivity index (χ0v) is 19.7. The van der Waals surface area contributed by atoms with Crippen LogP contribution in [0.4, 0.5) is 11.5 Å². The second-order valence-electron chi connectivity index (χ2n) is 7.64. The summed E-state index contributed by atoms with van der Waals surface area (Å²) in [5.74, 6) is 0.324. The Bertz CT molecular complexity index is 1310. The fourth-order valence-electron chi connectivity index (χ4n) is 3.83. The number of nitrogens with one attached hydrogen (secondary N) is 1. The number of rotatable bonds is 6. The molecule has 5 rings (SSSR count). The quantitative estimate of drug-likeness (QED) is 0.444. The van der Waals surface area contributed by atoms with Crippen LogP contribution in [0.5, 0.6) is 5.75 Å². The SMILES string of the molecule is COc1ccccc1N1CC(C(=O)Nc2cc(C)nn2-c2nc(-c3cccs3)cs2)CC1=O. The third kappa shape index (κ3) is 4.14. The molecule has 33 heavy (non-hydrogen) atoms. The molecule has 1 aromatic carbocycles. The summed E-state index contributed by atoms with van der Waals surface area (Å²) in [5.41, 5.74) is 2.31. The zero-order valence-electron chi connectivity index (χ0n) is 18.0. The number of aryl methyl sites for hydroxylation is 1. The molecule has 4 aromatic rings. The Morgan fingerprint density at radius 2 is 2.06 bits per heavy atom. The topological polar surface area (TPSA) is 89.3 Å². The number of thiazole rings is 1. The van der Waals surface area contributed by atoms with Gasteiger partial charge in [-0.1, -0.05) is 18.2 Å². The van der Waals surface area contributed by atoms with Gasteiger partial charge in [-0.3, -0.25) is 9.59 Å². The van der Waals surface area contributed by atoms with Crippen LogP contribution in [0.2, 0.25) is 0 Å². The van der Waals surface area contributed by atoms with Crippen molar-refractivity contribution in [3.8, 4) is 21.5 Å². The summed E-state index contributed by atoms with van der Waals surface area (Å²) in [6.45, 7) is 2.15. The number of anilines is 2. The standard InChI is InChI=1S/C23H21N5O3S2/c1-14-10-20(28(26-14)23-24-16(13-33-23)19-8-5-9-32-19)25-22(30)15-11-21(29)27(12-15)17-6-3-4-7-18(17)31-2/h3-10,13,15H,11-12H2,1-2H3,(H,25,30). The molecule has 3 aromatic heterocycles. The van der Waals surface area contributed by atoms with Crippen LogP contribution in [0.15, 0.2) is 53.2 Å². The molecule has 1 unspecified atom stereocenters. The molecule has 1 fully saturated rings. The third-order valence-electron chi connectivity index (χ3n) is 5.40. The van der Waals surface area contributed by atoms with Crippen molar-refractivity contribution in [3.63, 3.8) is 0 Å². The van der Waals surface area contributed by atoms with E-state index in [0.717, 1.165) is 16.3 Å². The molecule has 1 aliphatic heterocycles. The minimum Gasteiger partial charge on any atom is -0.495 e. The molecule has 168 valence electrons. The lowest BCUT2D eigenvalue weighted by atomic mass is 10.1. The largest absolute Gasteiger partial charge is 0.495 e. The number of thiophene rings is 1. The fraction of sp³-hybridized carbons (Fsp3) is 0.217. The highest BCUT2D eigenvalue weighted by Crippen LogP contribution is 2.33. The molecule has 1 atom stereocenters. The molecular weight excluding hydrogens is 458 g/mol. The minimum atomic E-state index is -0.482. The van der Waals surface area contributed by atoms with Crippen molar-refractivity contribution in [1.82, 2.24) is 14.8 Å². The van der Waals surface area contributed by atoms with E-state index in [-0.39, 0.29) is 24.8 Å². The van der Waals surface area contributed by atoms with Crippen molar-refractivity contribution in [2.75, 3.05) is 23.9 Å². The van der Waals surface area contributed by atoms with Crippen molar-refractivity contribution in [2.45, 2.75) is 13.3 Å².